The first-order chi connectivity index (χ1) is 7.90. The molecule has 0 radical (unpaired) electrons. The molecule has 1 aromatic rings. The summed E-state index contributed by atoms with van der Waals surface area (Å²) < 4.78 is 10.9. The van der Waals surface area contributed by atoms with Crippen molar-refractivity contribution in [3.05, 3.63) is 40.3 Å². The second-order valence-electron chi connectivity index (χ2n) is 3.22. The van der Waals surface area contributed by atoms with Gasteiger partial charge in [-0.2, -0.15) is 0 Å². The maximum Gasteiger partial charge on any atom is 0.161 e. The van der Waals surface area contributed by atoms with Gasteiger partial charge in [0.1, 0.15) is 13.2 Å². The monoisotopic (exact) mass is 217 g/mol. The van der Waals surface area contributed by atoms with Crippen molar-refractivity contribution < 1.29 is 9.47 Å². The van der Waals surface area contributed by atoms with Crippen molar-refractivity contribution in [2.75, 3.05) is 19.8 Å². The molecule has 0 N–H and O–H groups in total. The summed E-state index contributed by atoms with van der Waals surface area (Å²) in [6.07, 6.45) is 3.68. The third kappa shape index (κ3) is 2.46. The summed E-state index contributed by atoms with van der Waals surface area (Å²) in [5.74, 6) is 1.54. The van der Waals surface area contributed by atoms with Crippen molar-refractivity contribution >= 4 is 6.08 Å². The highest BCUT2D eigenvalue weighted by Crippen LogP contribution is 2.30. The van der Waals surface area contributed by atoms with Gasteiger partial charge in [0.2, 0.25) is 0 Å². The van der Waals surface area contributed by atoms with Gasteiger partial charge in [-0.15, -0.1) is 0 Å². The minimum atomic E-state index is 0.352. The van der Waals surface area contributed by atoms with Crippen LogP contribution >= 0.6 is 0 Å². The standard InChI is InChI=1S/C11H11N3O2/c12-14-13-5-1-2-9-3-4-10-11(8-9)16-7-6-15-10/h1-4,8H,5-7H2. The van der Waals surface area contributed by atoms with Gasteiger partial charge in [0.15, 0.2) is 11.5 Å². The second kappa shape index (κ2) is 5.09. The Morgan fingerprint density at radius 1 is 1.31 bits per heavy atom. The maximum atomic E-state index is 8.11. The van der Waals surface area contributed by atoms with Crippen LogP contribution in [0.4, 0.5) is 0 Å². The van der Waals surface area contributed by atoms with E-state index in [9.17, 15) is 0 Å². The first-order valence-corrected chi connectivity index (χ1v) is 4.97. The summed E-state index contributed by atoms with van der Waals surface area (Å²) in [7, 11) is 0. The Morgan fingerprint density at radius 2 is 2.12 bits per heavy atom. The van der Waals surface area contributed by atoms with E-state index in [1.165, 1.54) is 0 Å². The Labute approximate surface area is 92.9 Å². The Morgan fingerprint density at radius 3 is 2.94 bits per heavy atom. The van der Waals surface area contributed by atoms with E-state index >= 15 is 0 Å². The van der Waals surface area contributed by atoms with Crippen molar-refractivity contribution in [1.29, 1.82) is 0 Å². The largest absolute Gasteiger partial charge is 0.486 e. The van der Waals surface area contributed by atoms with Crippen LogP contribution in [-0.2, 0) is 0 Å². The molecule has 0 saturated carbocycles. The Hall–Kier alpha value is -2.13. The van der Waals surface area contributed by atoms with Gasteiger partial charge in [-0.05, 0) is 23.2 Å². The zero-order valence-corrected chi connectivity index (χ0v) is 8.67. The van der Waals surface area contributed by atoms with Crippen LogP contribution in [0.2, 0.25) is 0 Å². The highest BCUT2D eigenvalue weighted by Gasteiger charge is 2.10. The zero-order valence-electron chi connectivity index (χ0n) is 8.67. The maximum absolute atomic E-state index is 8.11. The lowest BCUT2D eigenvalue weighted by atomic mass is 10.2. The fraction of sp³-hybridized carbons (Fsp3) is 0.273. The van der Waals surface area contributed by atoms with E-state index in [0.717, 1.165) is 17.1 Å². The normalized spacial score (nSPS) is 13.5. The lowest BCUT2D eigenvalue weighted by molar-refractivity contribution is 0.171. The van der Waals surface area contributed by atoms with Gasteiger partial charge < -0.3 is 9.47 Å². The first-order valence-electron chi connectivity index (χ1n) is 4.97. The molecule has 0 atom stereocenters. The van der Waals surface area contributed by atoms with Gasteiger partial charge in [-0.25, -0.2) is 0 Å². The van der Waals surface area contributed by atoms with Gasteiger partial charge in [0, 0.05) is 11.5 Å². The molecule has 0 saturated heterocycles. The van der Waals surface area contributed by atoms with Gasteiger partial charge in [-0.1, -0.05) is 23.3 Å². The molecule has 1 aliphatic rings. The van der Waals surface area contributed by atoms with E-state index in [4.69, 9.17) is 15.0 Å². The van der Waals surface area contributed by atoms with Crippen LogP contribution in [0, 0.1) is 0 Å². The number of hydrogen-bond acceptors (Lipinski definition) is 3. The van der Waals surface area contributed by atoms with Gasteiger partial charge in [0.25, 0.3) is 0 Å². The van der Waals surface area contributed by atoms with E-state index in [2.05, 4.69) is 10.0 Å². The number of benzene rings is 1. The molecule has 0 unspecified atom stereocenters. The lowest BCUT2D eigenvalue weighted by Gasteiger charge is -2.18. The molecule has 0 spiro atoms. The van der Waals surface area contributed by atoms with Crippen molar-refractivity contribution in [1.82, 2.24) is 0 Å². The molecule has 1 heterocycles. The smallest absolute Gasteiger partial charge is 0.161 e. The van der Waals surface area contributed by atoms with E-state index in [-0.39, 0.29) is 0 Å². The molecule has 1 aromatic carbocycles. The number of ether oxygens (including phenoxy) is 2. The summed E-state index contributed by atoms with van der Waals surface area (Å²) in [6.45, 7) is 1.53. The van der Waals surface area contributed by atoms with Crippen LogP contribution in [-0.4, -0.2) is 19.8 Å². The van der Waals surface area contributed by atoms with E-state index in [1.54, 1.807) is 6.08 Å². The Kier molecular flexibility index (Phi) is 3.31. The lowest BCUT2D eigenvalue weighted by Crippen LogP contribution is -2.15. The first kappa shape index (κ1) is 10.4. The van der Waals surface area contributed by atoms with Crippen LogP contribution in [0.25, 0.3) is 16.5 Å². The molecule has 16 heavy (non-hydrogen) atoms. The van der Waals surface area contributed by atoms with Crippen LogP contribution in [0.5, 0.6) is 11.5 Å². The van der Waals surface area contributed by atoms with Crippen LogP contribution in [0.3, 0.4) is 0 Å². The fourth-order valence-electron chi connectivity index (χ4n) is 1.44. The average molecular weight is 217 g/mol. The third-order valence-corrected chi connectivity index (χ3v) is 2.13. The molecule has 82 valence electrons. The molecule has 0 aromatic heterocycles. The average Bonchev–Trinajstić information content (AvgIpc) is 2.34. The minimum Gasteiger partial charge on any atom is -0.486 e. The summed E-state index contributed by atoms with van der Waals surface area (Å²) in [4.78, 5) is 2.67. The number of azide groups is 1. The molecule has 0 fully saturated rings. The number of fused-ring (bicyclic) bond motifs is 1. The number of rotatable bonds is 3. The summed E-state index contributed by atoms with van der Waals surface area (Å²) in [5.41, 5.74) is 9.11. The Balaban J connectivity index is 2.11. The Bertz CT molecular complexity index is 451. The molecule has 2 rings (SSSR count). The van der Waals surface area contributed by atoms with Gasteiger partial charge in [-0.3, -0.25) is 0 Å². The summed E-state index contributed by atoms with van der Waals surface area (Å²) >= 11 is 0. The molecule has 5 nitrogen and oxygen atoms in total. The number of hydrogen-bond donors (Lipinski definition) is 0. The van der Waals surface area contributed by atoms with Crippen LogP contribution in [0.15, 0.2) is 29.4 Å². The van der Waals surface area contributed by atoms with Crippen molar-refractivity contribution in [2.24, 2.45) is 5.11 Å². The molecule has 0 bridgehead atoms. The summed E-state index contributed by atoms with van der Waals surface area (Å²) in [5, 5.41) is 3.41. The van der Waals surface area contributed by atoms with Crippen molar-refractivity contribution in [3.8, 4) is 11.5 Å². The number of nitrogens with zero attached hydrogens (tertiary/aromatic N) is 3. The molecule has 1 aliphatic heterocycles. The van der Waals surface area contributed by atoms with Crippen LogP contribution in [0.1, 0.15) is 5.56 Å². The van der Waals surface area contributed by atoms with Gasteiger partial charge in [0.05, 0.1) is 0 Å². The molecule has 0 aliphatic carbocycles. The third-order valence-electron chi connectivity index (χ3n) is 2.13. The van der Waals surface area contributed by atoms with E-state index in [0.29, 0.717) is 19.8 Å². The van der Waals surface area contributed by atoms with E-state index in [1.807, 2.05) is 24.3 Å². The minimum absolute atomic E-state index is 0.352. The van der Waals surface area contributed by atoms with Crippen molar-refractivity contribution in [3.63, 3.8) is 0 Å². The second-order valence-corrected chi connectivity index (χ2v) is 3.22. The fourth-order valence-corrected chi connectivity index (χ4v) is 1.44. The molecular weight excluding hydrogens is 206 g/mol. The zero-order chi connectivity index (χ0) is 11.2. The quantitative estimate of drug-likeness (QED) is 0.443. The van der Waals surface area contributed by atoms with Gasteiger partial charge >= 0.3 is 0 Å². The molecule has 5 heteroatoms. The molecule has 0 amide bonds. The van der Waals surface area contributed by atoms with E-state index < -0.39 is 0 Å². The predicted octanol–water partition coefficient (Wildman–Crippen LogP) is 2.78. The highest BCUT2D eigenvalue weighted by molar-refractivity contribution is 5.56. The predicted molar refractivity (Wildman–Crippen MR) is 60.5 cm³/mol. The topological polar surface area (TPSA) is 67.2 Å². The van der Waals surface area contributed by atoms with Crippen LogP contribution < -0.4 is 9.47 Å². The SMILES string of the molecule is [N-]=[N+]=NCC=Cc1ccc2c(c1)OCCO2. The molecular formula is C11H11N3O2. The highest BCUT2D eigenvalue weighted by atomic mass is 16.6. The summed E-state index contributed by atoms with van der Waals surface area (Å²) in [6, 6.07) is 5.71. The van der Waals surface area contributed by atoms with Crippen molar-refractivity contribution in [2.45, 2.75) is 0 Å².